The second kappa shape index (κ2) is 9.97. The van der Waals surface area contributed by atoms with Gasteiger partial charge in [-0.15, -0.1) is 0 Å². The third-order valence-corrected chi connectivity index (χ3v) is 5.23. The highest BCUT2D eigenvalue weighted by molar-refractivity contribution is 7.08. The van der Waals surface area contributed by atoms with Crippen molar-refractivity contribution in [1.82, 2.24) is 20.4 Å². The number of nitrogens with zero attached hydrogens (tertiary/aromatic N) is 2. The molecule has 3 aromatic rings. The molecule has 0 unspecified atom stereocenters. The molecule has 3 rings (SSSR count). The van der Waals surface area contributed by atoms with Gasteiger partial charge in [0.25, 0.3) is 5.91 Å². The topological polar surface area (TPSA) is 78.1 Å². The van der Waals surface area contributed by atoms with E-state index >= 15 is 0 Å². The number of aryl methyl sites for hydroxylation is 1. The van der Waals surface area contributed by atoms with E-state index in [1.54, 1.807) is 35.5 Å². The molecule has 0 aliphatic heterocycles. The Morgan fingerprint density at radius 1 is 1.24 bits per heavy atom. The first kappa shape index (κ1) is 20.7. The molecule has 0 atom stereocenters. The Labute approximate surface area is 172 Å². The van der Waals surface area contributed by atoms with E-state index < -0.39 is 0 Å². The fourth-order valence-electron chi connectivity index (χ4n) is 2.86. The zero-order valence-electron chi connectivity index (χ0n) is 16.2. The Morgan fingerprint density at radius 3 is 2.76 bits per heavy atom. The molecule has 0 spiro atoms. The average Bonchev–Trinajstić information content (AvgIpc) is 3.40. The van der Waals surface area contributed by atoms with Crippen LogP contribution in [0.2, 0.25) is 0 Å². The summed E-state index contributed by atoms with van der Waals surface area (Å²) in [7, 11) is 1.76. The zero-order valence-corrected chi connectivity index (χ0v) is 17.0. The van der Waals surface area contributed by atoms with Gasteiger partial charge >= 0.3 is 0 Å². The molecule has 2 amide bonds. The molecule has 0 bridgehead atoms. The Balaban J connectivity index is 1.37. The van der Waals surface area contributed by atoms with Gasteiger partial charge in [-0.2, -0.15) is 16.4 Å². The molecule has 0 aliphatic carbocycles. The molecule has 0 aliphatic rings. The zero-order chi connectivity index (χ0) is 20.6. The third kappa shape index (κ3) is 5.99. The summed E-state index contributed by atoms with van der Waals surface area (Å²) in [6.45, 7) is 0.932. The van der Waals surface area contributed by atoms with Crippen molar-refractivity contribution in [2.24, 2.45) is 0 Å². The van der Waals surface area contributed by atoms with Crippen molar-refractivity contribution in [3.05, 3.63) is 64.2 Å². The maximum absolute atomic E-state index is 13.0. The van der Waals surface area contributed by atoms with E-state index in [2.05, 4.69) is 15.5 Å². The van der Waals surface area contributed by atoms with Crippen molar-refractivity contribution in [1.29, 1.82) is 0 Å². The molecular weight excluding hydrogens is 391 g/mol. The standard InChI is InChI=1S/C21H23FN4O2S/c1-26(20(27)8-10-23-21(28)16-9-12-29-14-16)11-2-3-18-13-19(25-24-18)15-4-6-17(22)7-5-15/h4-7,9,12-14H,2-3,8,10-11H2,1H3,(H,23,28)(H,24,25). The molecule has 2 N–H and O–H groups in total. The fraction of sp³-hybridized carbons (Fsp3) is 0.286. The number of hydrogen-bond donors (Lipinski definition) is 2. The molecule has 8 heteroatoms. The van der Waals surface area contributed by atoms with E-state index in [4.69, 9.17) is 0 Å². The molecular formula is C21H23FN4O2S. The van der Waals surface area contributed by atoms with Crippen molar-refractivity contribution in [2.45, 2.75) is 19.3 Å². The minimum absolute atomic E-state index is 0.00719. The van der Waals surface area contributed by atoms with Gasteiger partial charge in [0.05, 0.1) is 5.69 Å². The van der Waals surface area contributed by atoms with Gasteiger partial charge < -0.3 is 10.2 Å². The Morgan fingerprint density at radius 2 is 2.03 bits per heavy atom. The minimum Gasteiger partial charge on any atom is -0.351 e. The fourth-order valence-corrected chi connectivity index (χ4v) is 3.50. The number of nitrogens with one attached hydrogen (secondary N) is 2. The van der Waals surface area contributed by atoms with E-state index in [1.165, 1.54) is 23.5 Å². The molecule has 0 saturated heterocycles. The lowest BCUT2D eigenvalue weighted by Gasteiger charge is -2.17. The van der Waals surface area contributed by atoms with Crippen molar-refractivity contribution >= 4 is 23.2 Å². The lowest BCUT2D eigenvalue weighted by Crippen LogP contribution is -2.32. The number of rotatable bonds is 9. The summed E-state index contributed by atoms with van der Waals surface area (Å²) in [5.41, 5.74) is 3.21. The maximum atomic E-state index is 13.0. The smallest absolute Gasteiger partial charge is 0.252 e. The second-order valence-corrected chi connectivity index (χ2v) is 7.50. The molecule has 0 saturated carbocycles. The highest BCUT2D eigenvalue weighted by Crippen LogP contribution is 2.18. The van der Waals surface area contributed by atoms with Crippen molar-refractivity contribution in [3.63, 3.8) is 0 Å². The normalized spacial score (nSPS) is 10.7. The number of halogens is 1. The first-order valence-electron chi connectivity index (χ1n) is 9.37. The Kier molecular flexibility index (Phi) is 7.13. The SMILES string of the molecule is CN(CCCc1cc(-c2ccc(F)cc2)n[nH]1)C(=O)CCNC(=O)c1ccsc1. The van der Waals surface area contributed by atoms with Crippen LogP contribution in [0, 0.1) is 5.82 Å². The first-order chi connectivity index (χ1) is 14.0. The predicted octanol–water partition coefficient (Wildman–Crippen LogP) is 3.49. The molecule has 152 valence electrons. The number of carbonyl (C=O) groups is 2. The molecule has 2 aromatic heterocycles. The Bertz CT molecular complexity index is 938. The molecule has 0 radical (unpaired) electrons. The van der Waals surface area contributed by atoms with Crippen LogP contribution in [-0.4, -0.2) is 47.0 Å². The van der Waals surface area contributed by atoms with E-state index in [1.807, 2.05) is 11.4 Å². The summed E-state index contributed by atoms with van der Waals surface area (Å²) in [6, 6.07) is 9.90. The van der Waals surface area contributed by atoms with Crippen LogP contribution in [0.4, 0.5) is 4.39 Å². The van der Waals surface area contributed by atoms with Gasteiger partial charge in [0.1, 0.15) is 5.82 Å². The number of amides is 2. The van der Waals surface area contributed by atoms with Gasteiger partial charge in [-0.3, -0.25) is 14.7 Å². The number of thiophene rings is 1. The number of H-pyrrole nitrogens is 1. The minimum atomic E-state index is -0.275. The summed E-state index contributed by atoms with van der Waals surface area (Å²) in [5.74, 6) is -0.437. The number of aromatic nitrogens is 2. The van der Waals surface area contributed by atoms with Crippen molar-refractivity contribution < 1.29 is 14.0 Å². The third-order valence-electron chi connectivity index (χ3n) is 4.54. The van der Waals surface area contributed by atoms with Crippen LogP contribution in [0.25, 0.3) is 11.3 Å². The average molecular weight is 415 g/mol. The Hall–Kier alpha value is -3.00. The predicted molar refractivity (Wildman–Crippen MR) is 111 cm³/mol. The van der Waals surface area contributed by atoms with Crippen LogP contribution < -0.4 is 5.32 Å². The van der Waals surface area contributed by atoms with Crippen LogP contribution in [0.3, 0.4) is 0 Å². The summed E-state index contributed by atoms with van der Waals surface area (Å²) >= 11 is 1.46. The van der Waals surface area contributed by atoms with Crippen LogP contribution in [0.1, 0.15) is 28.9 Å². The molecule has 2 heterocycles. The number of hydrogen-bond acceptors (Lipinski definition) is 4. The van der Waals surface area contributed by atoms with Gasteiger partial charge in [0.2, 0.25) is 5.91 Å². The monoisotopic (exact) mass is 414 g/mol. The summed E-state index contributed by atoms with van der Waals surface area (Å²) in [5, 5.41) is 13.6. The maximum Gasteiger partial charge on any atom is 0.252 e. The van der Waals surface area contributed by atoms with Gasteiger partial charge in [-0.25, -0.2) is 4.39 Å². The molecule has 1 aromatic carbocycles. The van der Waals surface area contributed by atoms with Crippen LogP contribution in [-0.2, 0) is 11.2 Å². The van der Waals surface area contributed by atoms with Gasteiger partial charge in [-0.05, 0) is 54.6 Å². The van der Waals surface area contributed by atoms with Gasteiger partial charge in [0, 0.05) is 48.8 Å². The van der Waals surface area contributed by atoms with E-state index in [0.717, 1.165) is 29.8 Å². The van der Waals surface area contributed by atoms with E-state index in [0.29, 0.717) is 18.7 Å². The van der Waals surface area contributed by atoms with Crippen LogP contribution in [0.5, 0.6) is 0 Å². The first-order valence-corrected chi connectivity index (χ1v) is 10.3. The van der Waals surface area contributed by atoms with Crippen LogP contribution >= 0.6 is 11.3 Å². The van der Waals surface area contributed by atoms with Gasteiger partial charge in [-0.1, -0.05) is 0 Å². The number of aromatic amines is 1. The van der Waals surface area contributed by atoms with E-state index in [9.17, 15) is 14.0 Å². The summed E-state index contributed by atoms with van der Waals surface area (Å²) in [6.07, 6.45) is 1.81. The second-order valence-electron chi connectivity index (χ2n) is 6.72. The van der Waals surface area contributed by atoms with Crippen molar-refractivity contribution in [3.8, 4) is 11.3 Å². The van der Waals surface area contributed by atoms with Crippen LogP contribution in [0.15, 0.2) is 47.2 Å². The highest BCUT2D eigenvalue weighted by atomic mass is 32.1. The quantitative estimate of drug-likeness (QED) is 0.563. The molecule has 0 fully saturated rings. The van der Waals surface area contributed by atoms with E-state index in [-0.39, 0.29) is 24.1 Å². The molecule has 29 heavy (non-hydrogen) atoms. The lowest BCUT2D eigenvalue weighted by molar-refractivity contribution is -0.129. The summed E-state index contributed by atoms with van der Waals surface area (Å²) < 4.78 is 13.0. The van der Waals surface area contributed by atoms with Crippen molar-refractivity contribution in [2.75, 3.05) is 20.1 Å². The highest BCUT2D eigenvalue weighted by Gasteiger charge is 2.11. The van der Waals surface area contributed by atoms with Gasteiger partial charge in [0.15, 0.2) is 0 Å². The largest absolute Gasteiger partial charge is 0.351 e. The lowest BCUT2D eigenvalue weighted by atomic mass is 10.1. The molecule has 6 nitrogen and oxygen atoms in total. The number of benzene rings is 1. The number of carbonyl (C=O) groups excluding carboxylic acids is 2. The summed E-state index contributed by atoms with van der Waals surface area (Å²) in [4.78, 5) is 25.7.